The van der Waals surface area contributed by atoms with Gasteiger partial charge in [-0.05, 0) is 32.0 Å². The Morgan fingerprint density at radius 3 is 2.47 bits per heavy atom. The first-order chi connectivity index (χ1) is 7.90. The summed E-state index contributed by atoms with van der Waals surface area (Å²) in [6.45, 7) is 3.12. The Balaban J connectivity index is 3.06. The second-order valence-electron chi connectivity index (χ2n) is 4.00. The number of carbonyl (C=O) groups is 2. The average Bonchev–Trinajstić information content (AvgIpc) is 2.29. The van der Waals surface area contributed by atoms with Gasteiger partial charge in [0, 0.05) is 5.56 Å². The van der Waals surface area contributed by atoms with E-state index in [0.29, 0.717) is 23.3 Å². The van der Waals surface area contributed by atoms with Gasteiger partial charge in [-0.3, -0.25) is 9.59 Å². The van der Waals surface area contributed by atoms with Crippen molar-refractivity contribution in [2.75, 3.05) is 7.11 Å². The Morgan fingerprint density at radius 1 is 1.35 bits per heavy atom. The maximum absolute atomic E-state index is 11.1. The summed E-state index contributed by atoms with van der Waals surface area (Å²) in [4.78, 5) is 21.8. The van der Waals surface area contributed by atoms with Crippen LogP contribution < -0.4 is 15.2 Å². The molecule has 0 fully saturated rings. The van der Waals surface area contributed by atoms with Crippen LogP contribution in [-0.2, 0) is 4.79 Å². The fraction of sp³-hybridized carbons (Fsp3) is 0.333. The van der Waals surface area contributed by atoms with Crippen molar-refractivity contribution in [1.82, 2.24) is 0 Å². The van der Waals surface area contributed by atoms with Crippen LogP contribution in [0.15, 0.2) is 18.2 Å². The van der Waals surface area contributed by atoms with Gasteiger partial charge in [0.2, 0.25) is 0 Å². The van der Waals surface area contributed by atoms with E-state index in [4.69, 9.17) is 15.2 Å². The fourth-order valence-electron chi connectivity index (χ4n) is 1.17. The minimum absolute atomic E-state index is 0.363. The lowest BCUT2D eigenvalue weighted by atomic mass is 10.1. The SMILES string of the molecule is COc1cc(C=O)ccc1OC(C)(C)C(N)=O. The molecule has 0 saturated heterocycles. The highest BCUT2D eigenvalue weighted by molar-refractivity contribution is 5.83. The van der Waals surface area contributed by atoms with Gasteiger partial charge in [0.1, 0.15) is 6.29 Å². The number of hydrogen-bond donors (Lipinski definition) is 1. The van der Waals surface area contributed by atoms with Crippen LogP contribution in [0, 0.1) is 0 Å². The normalized spacial score (nSPS) is 10.8. The summed E-state index contributed by atoms with van der Waals surface area (Å²) in [6, 6.07) is 4.66. The molecule has 0 aliphatic rings. The molecule has 0 radical (unpaired) electrons. The van der Waals surface area contributed by atoms with Gasteiger partial charge in [0.25, 0.3) is 5.91 Å². The third-order valence-corrected chi connectivity index (χ3v) is 2.28. The van der Waals surface area contributed by atoms with Crippen LogP contribution >= 0.6 is 0 Å². The first-order valence-corrected chi connectivity index (χ1v) is 5.03. The van der Waals surface area contributed by atoms with Crippen LogP contribution in [0.1, 0.15) is 24.2 Å². The molecule has 17 heavy (non-hydrogen) atoms. The van der Waals surface area contributed by atoms with Gasteiger partial charge < -0.3 is 15.2 Å². The Kier molecular flexibility index (Phi) is 3.73. The lowest BCUT2D eigenvalue weighted by Crippen LogP contribution is -2.43. The highest BCUT2D eigenvalue weighted by Crippen LogP contribution is 2.30. The molecule has 1 amide bonds. The summed E-state index contributed by atoms with van der Waals surface area (Å²) in [6.07, 6.45) is 0.700. The number of hydrogen-bond acceptors (Lipinski definition) is 4. The van der Waals surface area contributed by atoms with E-state index in [1.54, 1.807) is 26.0 Å². The van der Waals surface area contributed by atoms with Crippen LogP contribution in [0.3, 0.4) is 0 Å². The molecule has 0 aliphatic heterocycles. The van der Waals surface area contributed by atoms with E-state index >= 15 is 0 Å². The number of nitrogens with two attached hydrogens (primary N) is 1. The van der Waals surface area contributed by atoms with Crippen LogP contribution in [0.25, 0.3) is 0 Å². The number of amides is 1. The minimum Gasteiger partial charge on any atom is -0.493 e. The van der Waals surface area contributed by atoms with Crippen molar-refractivity contribution in [2.24, 2.45) is 5.73 Å². The zero-order valence-corrected chi connectivity index (χ0v) is 10.0. The molecule has 0 atom stereocenters. The van der Waals surface area contributed by atoms with Crippen molar-refractivity contribution in [3.8, 4) is 11.5 Å². The lowest BCUT2D eigenvalue weighted by molar-refractivity contribution is -0.130. The molecule has 5 heteroatoms. The number of primary amides is 1. The van der Waals surface area contributed by atoms with Crippen molar-refractivity contribution in [3.63, 3.8) is 0 Å². The first kappa shape index (κ1) is 13.0. The highest BCUT2D eigenvalue weighted by Gasteiger charge is 2.28. The fourth-order valence-corrected chi connectivity index (χ4v) is 1.17. The van der Waals surface area contributed by atoms with Gasteiger partial charge in [0.05, 0.1) is 7.11 Å². The van der Waals surface area contributed by atoms with Crippen LogP contribution in [0.5, 0.6) is 11.5 Å². The zero-order chi connectivity index (χ0) is 13.1. The number of carbonyl (C=O) groups excluding carboxylic acids is 2. The van der Waals surface area contributed by atoms with Gasteiger partial charge in [-0.15, -0.1) is 0 Å². The third kappa shape index (κ3) is 2.96. The van der Waals surface area contributed by atoms with E-state index in [9.17, 15) is 9.59 Å². The summed E-state index contributed by atoms with van der Waals surface area (Å²) in [5.74, 6) is 0.157. The second-order valence-corrected chi connectivity index (χ2v) is 4.00. The Hall–Kier alpha value is -2.04. The molecule has 1 aromatic rings. The topological polar surface area (TPSA) is 78.6 Å². The molecule has 0 unspecified atom stereocenters. The van der Waals surface area contributed by atoms with Crippen LogP contribution in [0.4, 0.5) is 0 Å². The van der Waals surface area contributed by atoms with E-state index in [2.05, 4.69) is 0 Å². The molecule has 1 aromatic carbocycles. The number of aldehydes is 1. The van der Waals surface area contributed by atoms with Crippen molar-refractivity contribution in [2.45, 2.75) is 19.4 Å². The zero-order valence-electron chi connectivity index (χ0n) is 10.0. The maximum atomic E-state index is 11.1. The van der Waals surface area contributed by atoms with Crippen LogP contribution in [0.2, 0.25) is 0 Å². The van der Waals surface area contributed by atoms with E-state index < -0.39 is 11.5 Å². The molecule has 1 rings (SSSR count). The van der Waals surface area contributed by atoms with Gasteiger partial charge in [-0.2, -0.15) is 0 Å². The standard InChI is InChI=1S/C12H15NO4/c1-12(2,11(13)15)17-9-5-4-8(7-14)6-10(9)16-3/h4-7H,1-3H3,(H2,13,15). The molecule has 0 bridgehead atoms. The minimum atomic E-state index is -1.14. The molecule has 5 nitrogen and oxygen atoms in total. The van der Waals surface area contributed by atoms with Gasteiger partial charge >= 0.3 is 0 Å². The van der Waals surface area contributed by atoms with E-state index in [1.807, 2.05) is 0 Å². The lowest BCUT2D eigenvalue weighted by Gasteiger charge is -2.23. The summed E-state index contributed by atoms with van der Waals surface area (Å²) >= 11 is 0. The Morgan fingerprint density at radius 2 is 2.00 bits per heavy atom. The van der Waals surface area contributed by atoms with E-state index in [-0.39, 0.29) is 0 Å². The predicted molar refractivity (Wildman–Crippen MR) is 62.3 cm³/mol. The molecule has 0 aromatic heterocycles. The predicted octanol–water partition coefficient (Wildman–Crippen LogP) is 1.15. The number of benzene rings is 1. The number of methoxy groups -OCH3 is 1. The van der Waals surface area contributed by atoms with Crippen molar-refractivity contribution in [3.05, 3.63) is 23.8 Å². The summed E-state index contributed by atoms with van der Waals surface area (Å²) in [5, 5.41) is 0. The molecule has 2 N–H and O–H groups in total. The highest BCUT2D eigenvalue weighted by atomic mass is 16.5. The van der Waals surface area contributed by atoms with Crippen molar-refractivity contribution in [1.29, 1.82) is 0 Å². The molecule has 0 spiro atoms. The van der Waals surface area contributed by atoms with Crippen molar-refractivity contribution < 1.29 is 19.1 Å². The largest absolute Gasteiger partial charge is 0.493 e. The average molecular weight is 237 g/mol. The molecular formula is C12H15NO4. The van der Waals surface area contributed by atoms with Gasteiger partial charge in [0.15, 0.2) is 17.1 Å². The second kappa shape index (κ2) is 4.86. The van der Waals surface area contributed by atoms with Crippen molar-refractivity contribution >= 4 is 12.2 Å². The monoisotopic (exact) mass is 237 g/mol. The number of rotatable bonds is 5. The Labute approximate surface area is 99.5 Å². The molecule has 0 aliphatic carbocycles. The molecule has 0 heterocycles. The van der Waals surface area contributed by atoms with Crippen LogP contribution in [-0.4, -0.2) is 24.9 Å². The summed E-state index contributed by atoms with van der Waals surface area (Å²) < 4.78 is 10.5. The van der Waals surface area contributed by atoms with E-state index in [0.717, 1.165) is 0 Å². The quantitative estimate of drug-likeness (QED) is 0.779. The third-order valence-electron chi connectivity index (χ3n) is 2.28. The summed E-state index contributed by atoms with van der Waals surface area (Å²) in [5.41, 5.74) is 4.53. The first-order valence-electron chi connectivity index (χ1n) is 5.03. The molecular weight excluding hydrogens is 222 g/mol. The van der Waals surface area contributed by atoms with Gasteiger partial charge in [-0.25, -0.2) is 0 Å². The molecule has 92 valence electrons. The maximum Gasteiger partial charge on any atom is 0.261 e. The van der Waals surface area contributed by atoms with E-state index in [1.165, 1.54) is 13.2 Å². The Bertz CT molecular complexity index is 440. The smallest absolute Gasteiger partial charge is 0.261 e. The van der Waals surface area contributed by atoms with Gasteiger partial charge in [-0.1, -0.05) is 0 Å². The molecule has 0 saturated carbocycles. The summed E-state index contributed by atoms with van der Waals surface area (Å²) in [7, 11) is 1.45. The number of ether oxygens (including phenoxy) is 2.